The van der Waals surface area contributed by atoms with Gasteiger partial charge >= 0.3 is 0 Å². The fraction of sp³-hybridized carbons (Fsp3) is 0.429. The van der Waals surface area contributed by atoms with Gasteiger partial charge in [-0.1, -0.05) is 30.6 Å². The molecule has 2 N–H and O–H groups in total. The molecule has 4 nitrogen and oxygen atoms in total. The van der Waals surface area contributed by atoms with E-state index in [2.05, 4.69) is 39.9 Å². The zero-order valence-corrected chi connectivity index (χ0v) is 13.9. The second-order valence-corrected chi connectivity index (χ2v) is 6.48. The highest BCUT2D eigenvalue weighted by Crippen LogP contribution is 2.30. The summed E-state index contributed by atoms with van der Waals surface area (Å²) in [7, 11) is 0. The molecule has 0 spiro atoms. The van der Waals surface area contributed by atoms with Gasteiger partial charge in [0.2, 0.25) is 11.7 Å². The van der Waals surface area contributed by atoms with Crippen LogP contribution in [0.3, 0.4) is 0 Å². The van der Waals surface area contributed by atoms with Gasteiger partial charge in [0.15, 0.2) is 0 Å². The Labute approximate surface area is 131 Å². The van der Waals surface area contributed by atoms with E-state index < -0.39 is 0 Å². The van der Waals surface area contributed by atoms with Crippen LogP contribution in [0.2, 0.25) is 5.02 Å². The Morgan fingerprint density at radius 3 is 2.55 bits per heavy atom. The van der Waals surface area contributed by atoms with Crippen molar-refractivity contribution in [3.63, 3.8) is 0 Å². The van der Waals surface area contributed by atoms with Crippen LogP contribution in [0.25, 0.3) is 11.4 Å². The number of hydrogen-bond acceptors (Lipinski definition) is 4. The highest BCUT2D eigenvalue weighted by atomic mass is 79.9. The third-order valence-corrected chi connectivity index (χ3v) is 4.40. The van der Waals surface area contributed by atoms with Gasteiger partial charge in [0.05, 0.1) is 10.9 Å². The second kappa shape index (κ2) is 6.24. The number of rotatable bonds is 4. The smallest absolute Gasteiger partial charge is 0.231 e. The summed E-state index contributed by atoms with van der Waals surface area (Å²) in [6.45, 7) is 6.14. The number of aromatic nitrogens is 2. The molecule has 2 aromatic rings. The first-order chi connectivity index (χ1) is 9.40. The van der Waals surface area contributed by atoms with Crippen LogP contribution in [0, 0.1) is 5.92 Å². The van der Waals surface area contributed by atoms with Crippen LogP contribution in [0.4, 0.5) is 0 Å². The topological polar surface area (TPSA) is 64.9 Å². The molecule has 1 heterocycles. The molecule has 1 aromatic carbocycles. The Morgan fingerprint density at radius 2 is 2.00 bits per heavy atom. The van der Waals surface area contributed by atoms with Gasteiger partial charge in [-0.15, -0.1) is 0 Å². The Bertz CT molecular complexity index is 590. The average molecular weight is 359 g/mol. The Kier molecular flexibility index (Phi) is 4.83. The van der Waals surface area contributed by atoms with Crippen molar-refractivity contribution in [3.8, 4) is 11.4 Å². The second-order valence-electron chi connectivity index (χ2n) is 5.21. The van der Waals surface area contributed by atoms with Crippen LogP contribution in [-0.2, 0) is 0 Å². The minimum Gasteiger partial charge on any atom is -0.339 e. The Balaban J connectivity index is 2.34. The van der Waals surface area contributed by atoms with Gasteiger partial charge in [0.25, 0.3) is 0 Å². The van der Waals surface area contributed by atoms with E-state index in [4.69, 9.17) is 21.9 Å². The van der Waals surface area contributed by atoms with Crippen molar-refractivity contribution in [3.05, 3.63) is 33.6 Å². The number of halogens is 2. The van der Waals surface area contributed by atoms with Crippen LogP contribution in [0.5, 0.6) is 0 Å². The quantitative estimate of drug-likeness (QED) is 0.888. The number of hydrogen-bond donors (Lipinski definition) is 1. The molecule has 0 aliphatic rings. The number of nitrogens with zero attached hydrogens (tertiary/aromatic N) is 2. The minimum absolute atomic E-state index is 0.0414. The third-order valence-electron chi connectivity index (χ3n) is 3.19. The van der Waals surface area contributed by atoms with Crippen molar-refractivity contribution in [2.45, 2.75) is 32.7 Å². The molecule has 2 unspecified atom stereocenters. The fourth-order valence-corrected chi connectivity index (χ4v) is 2.74. The maximum absolute atomic E-state index is 6.01. The first kappa shape index (κ1) is 15.5. The predicted octanol–water partition coefficient (Wildman–Crippen LogP) is 4.24. The van der Waals surface area contributed by atoms with Gasteiger partial charge in [0.1, 0.15) is 0 Å². The number of nitrogens with two attached hydrogens (primary N) is 1. The maximum Gasteiger partial charge on any atom is 0.231 e. The molecular weight excluding hydrogens is 342 g/mol. The molecule has 0 aliphatic heterocycles. The lowest BCUT2D eigenvalue weighted by Gasteiger charge is -2.20. The summed E-state index contributed by atoms with van der Waals surface area (Å²) in [5, 5.41) is 4.68. The van der Waals surface area contributed by atoms with E-state index in [0.29, 0.717) is 22.7 Å². The van der Waals surface area contributed by atoms with Crippen molar-refractivity contribution in [2.75, 3.05) is 0 Å². The SMILES string of the molecule is CC(C)C(c1nc(-c2ccc(Cl)c(Br)c2)no1)C(C)N. The molecule has 0 aliphatic carbocycles. The van der Waals surface area contributed by atoms with E-state index in [1.165, 1.54) is 0 Å². The van der Waals surface area contributed by atoms with Crippen molar-refractivity contribution in [2.24, 2.45) is 11.7 Å². The molecule has 108 valence electrons. The summed E-state index contributed by atoms with van der Waals surface area (Å²) >= 11 is 9.37. The molecule has 20 heavy (non-hydrogen) atoms. The van der Waals surface area contributed by atoms with Gasteiger partial charge in [-0.2, -0.15) is 4.98 Å². The predicted molar refractivity (Wildman–Crippen MR) is 83.7 cm³/mol. The first-order valence-corrected chi connectivity index (χ1v) is 7.62. The third kappa shape index (κ3) is 3.22. The zero-order valence-electron chi connectivity index (χ0n) is 11.6. The van der Waals surface area contributed by atoms with E-state index in [9.17, 15) is 0 Å². The molecule has 2 atom stereocenters. The maximum atomic E-state index is 6.01. The minimum atomic E-state index is -0.0414. The lowest BCUT2D eigenvalue weighted by molar-refractivity contribution is 0.300. The normalized spacial score (nSPS) is 14.6. The van der Waals surface area contributed by atoms with Crippen molar-refractivity contribution in [1.82, 2.24) is 10.1 Å². The lowest BCUT2D eigenvalue weighted by atomic mass is 9.90. The van der Waals surface area contributed by atoms with Gasteiger partial charge in [0, 0.05) is 16.1 Å². The van der Waals surface area contributed by atoms with E-state index in [0.717, 1.165) is 10.0 Å². The van der Waals surface area contributed by atoms with Gasteiger partial charge in [-0.05, 0) is 47.0 Å². The summed E-state index contributed by atoms with van der Waals surface area (Å²) in [6.07, 6.45) is 0. The van der Waals surface area contributed by atoms with Crippen LogP contribution >= 0.6 is 27.5 Å². The molecule has 0 radical (unpaired) electrons. The molecule has 0 fully saturated rings. The van der Waals surface area contributed by atoms with Gasteiger partial charge in [-0.25, -0.2) is 0 Å². The standard InChI is InChI=1S/C14H17BrClN3O/c1-7(2)12(8(3)17)14-18-13(19-20-14)9-4-5-11(16)10(15)6-9/h4-8,12H,17H2,1-3H3. The van der Waals surface area contributed by atoms with Crippen LogP contribution in [0.1, 0.15) is 32.6 Å². The lowest BCUT2D eigenvalue weighted by Crippen LogP contribution is -2.28. The summed E-state index contributed by atoms with van der Waals surface area (Å²) in [5.74, 6) is 1.51. The zero-order chi connectivity index (χ0) is 14.9. The first-order valence-electron chi connectivity index (χ1n) is 6.44. The number of benzene rings is 1. The molecule has 2 rings (SSSR count). The van der Waals surface area contributed by atoms with E-state index in [1.807, 2.05) is 19.1 Å². The molecule has 0 saturated carbocycles. The summed E-state index contributed by atoms with van der Waals surface area (Å²) in [4.78, 5) is 4.47. The van der Waals surface area contributed by atoms with E-state index in [-0.39, 0.29) is 12.0 Å². The molecule has 0 amide bonds. The van der Waals surface area contributed by atoms with Crippen molar-refractivity contribution >= 4 is 27.5 Å². The molecule has 1 aromatic heterocycles. The highest BCUT2D eigenvalue weighted by molar-refractivity contribution is 9.10. The van der Waals surface area contributed by atoms with Gasteiger partial charge < -0.3 is 10.3 Å². The van der Waals surface area contributed by atoms with Crippen LogP contribution in [-0.4, -0.2) is 16.2 Å². The summed E-state index contributed by atoms with van der Waals surface area (Å²) < 4.78 is 6.19. The molecule has 0 bridgehead atoms. The summed E-state index contributed by atoms with van der Waals surface area (Å²) in [6, 6.07) is 5.48. The van der Waals surface area contributed by atoms with Crippen LogP contribution < -0.4 is 5.73 Å². The van der Waals surface area contributed by atoms with E-state index in [1.54, 1.807) is 6.07 Å². The van der Waals surface area contributed by atoms with Crippen LogP contribution in [0.15, 0.2) is 27.2 Å². The van der Waals surface area contributed by atoms with Gasteiger partial charge in [-0.3, -0.25) is 0 Å². The highest BCUT2D eigenvalue weighted by Gasteiger charge is 2.26. The molecular formula is C14H17BrClN3O. The Hall–Kier alpha value is -0.910. The molecule has 6 heteroatoms. The largest absolute Gasteiger partial charge is 0.339 e. The fourth-order valence-electron chi connectivity index (χ4n) is 2.24. The van der Waals surface area contributed by atoms with Crippen molar-refractivity contribution < 1.29 is 4.52 Å². The monoisotopic (exact) mass is 357 g/mol. The Morgan fingerprint density at radius 1 is 1.30 bits per heavy atom. The van der Waals surface area contributed by atoms with E-state index >= 15 is 0 Å². The summed E-state index contributed by atoms with van der Waals surface area (Å²) in [5.41, 5.74) is 6.86. The van der Waals surface area contributed by atoms with Crippen molar-refractivity contribution in [1.29, 1.82) is 0 Å². The average Bonchev–Trinajstić information content (AvgIpc) is 2.81. The molecule has 0 saturated heterocycles.